The lowest BCUT2D eigenvalue weighted by Gasteiger charge is -2.31. The Morgan fingerprint density at radius 1 is 0.913 bits per heavy atom. The highest BCUT2D eigenvalue weighted by Gasteiger charge is 2.34. The highest BCUT2D eigenvalue weighted by atomic mass is 32.2. The van der Waals surface area contributed by atoms with E-state index in [2.05, 4.69) is 0 Å². The summed E-state index contributed by atoms with van der Waals surface area (Å²) in [6.45, 7) is 10.4. The number of piperidine rings is 1. The van der Waals surface area contributed by atoms with Crippen LogP contribution >= 0.6 is 0 Å². The lowest BCUT2D eigenvalue weighted by molar-refractivity contribution is -0.122. The summed E-state index contributed by atoms with van der Waals surface area (Å²) in [6.07, 6.45) is 0.993. The van der Waals surface area contributed by atoms with Gasteiger partial charge in [-0.05, 0) is 75.3 Å². The summed E-state index contributed by atoms with van der Waals surface area (Å²) in [5, 5.41) is 0. The average Bonchev–Trinajstić information content (AvgIpc) is 2.51. The van der Waals surface area contributed by atoms with Crippen LogP contribution in [-0.2, 0) is 14.8 Å². The molecule has 0 saturated carbocycles. The minimum Gasteiger partial charge on any atom is -0.369 e. The monoisotopic (exact) mass is 338 g/mol. The van der Waals surface area contributed by atoms with Gasteiger partial charge in [-0.1, -0.05) is 0 Å². The van der Waals surface area contributed by atoms with Crippen molar-refractivity contribution in [3.05, 3.63) is 27.8 Å². The number of carbonyl (C=O) groups excluding carboxylic acids is 1. The van der Waals surface area contributed by atoms with E-state index in [0.29, 0.717) is 30.8 Å². The van der Waals surface area contributed by atoms with Gasteiger partial charge in [0.25, 0.3) is 0 Å². The summed E-state index contributed by atoms with van der Waals surface area (Å²) in [5.41, 5.74) is 10.2. The van der Waals surface area contributed by atoms with Gasteiger partial charge in [-0.15, -0.1) is 0 Å². The lowest BCUT2D eigenvalue weighted by atomic mass is 9.95. The predicted molar refractivity (Wildman–Crippen MR) is 90.8 cm³/mol. The fourth-order valence-corrected chi connectivity index (χ4v) is 5.39. The van der Waals surface area contributed by atoms with Crippen LogP contribution in [-0.4, -0.2) is 31.7 Å². The lowest BCUT2D eigenvalue weighted by Crippen LogP contribution is -2.42. The highest BCUT2D eigenvalue weighted by Crippen LogP contribution is 2.33. The highest BCUT2D eigenvalue weighted by molar-refractivity contribution is 7.89. The first-order valence-electron chi connectivity index (χ1n) is 7.95. The van der Waals surface area contributed by atoms with E-state index in [1.54, 1.807) is 0 Å². The summed E-state index contributed by atoms with van der Waals surface area (Å²) in [6, 6.07) is 0. The first-order chi connectivity index (χ1) is 10.6. The molecule has 128 valence electrons. The number of amides is 1. The molecule has 0 aromatic heterocycles. The molecule has 1 fully saturated rings. The second-order valence-corrected chi connectivity index (χ2v) is 8.41. The molecule has 0 unspecified atom stereocenters. The number of hydrogen-bond acceptors (Lipinski definition) is 3. The van der Waals surface area contributed by atoms with Gasteiger partial charge < -0.3 is 5.73 Å². The third kappa shape index (κ3) is 3.02. The van der Waals surface area contributed by atoms with E-state index in [1.807, 2.05) is 34.6 Å². The van der Waals surface area contributed by atoms with Gasteiger partial charge in [0.15, 0.2) is 0 Å². The fourth-order valence-electron chi connectivity index (χ4n) is 3.36. The van der Waals surface area contributed by atoms with Gasteiger partial charge in [0, 0.05) is 19.0 Å². The van der Waals surface area contributed by atoms with Gasteiger partial charge in [0.05, 0.1) is 4.90 Å². The molecular formula is C17H26N2O3S. The second kappa shape index (κ2) is 6.24. The second-order valence-electron chi connectivity index (χ2n) is 6.53. The largest absolute Gasteiger partial charge is 0.369 e. The van der Waals surface area contributed by atoms with Crippen molar-refractivity contribution in [3.8, 4) is 0 Å². The van der Waals surface area contributed by atoms with Crippen molar-refractivity contribution in [1.29, 1.82) is 0 Å². The Hall–Kier alpha value is -1.40. The Morgan fingerprint density at radius 3 is 1.70 bits per heavy atom. The SMILES string of the molecule is Cc1c(C)c(C)c(S(=O)(=O)N2CCC(C(N)=O)CC2)c(C)c1C. The number of rotatable bonds is 3. The fraction of sp³-hybridized carbons (Fsp3) is 0.588. The molecule has 0 atom stereocenters. The van der Waals surface area contributed by atoms with Crippen molar-refractivity contribution < 1.29 is 13.2 Å². The molecule has 2 rings (SSSR count). The van der Waals surface area contributed by atoms with Gasteiger partial charge in [-0.3, -0.25) is 4.79 Å². The van der Waals surface area contributed by atoms with E-state index in [-0.39, 0.29) is 11.8 Å². The smallest absolute Gasteiger partial charge is 0.243 e. The van der Waals surface area contributed by atoms with Crippen LogP contribution in [0.4, 0.5) is 0 Å². The third-order valence-corrected chi connectivity index (χ3v) is 7.56. The van der Waals surface area contributed by atoms with Crippen molar-refractivity contribution in [2.75, 3.05) is 13.1 Å². The zero-order valence-corrected chi connectivity index (χ0v) is 15.4. The molecule has 1 aliphatic rings. The normalized spacial score (nSPS) is 17.4. The minimum atomic E-state index is -3.55. The Bertz CT molecular complexity index is 717. The maximum atomic E-state index is 13.1. The predicted octanol–water partition coefficient (Wildman–Crippen LogP) is 2.11. The molecular weight excluding hydrogens is 312 g/mol. The molecule has 1 aromatic carbocycles. The molecule has 5 nitrogen and oxygen atoms in total. The van der Waals surface area contributed by atoms with Gasteiger partial charge in [0.2, 0.25) is 15.9 Å². The van der Waals surface area contributed by atoms with E-state index in [1.165, 1.54) is 4.31 Å². The number of carbonyl (C=O) groups is 1. The van der Waals surface area contributed by atoms with Crippen molar-refractivity contribution in [3.63, 3.8) is 0 Å². The zero-order valence-electron chi connectivity index (χ0n) is 14.6. The Labute approximate surface area is 138 Å². The van der Waals surface area contributed by atoms with Crippen molar-refractivity contribution in [2.45, 2.75) is 52.4 Å². The van der Waals surface area contributed by atoms with E-state index < -0.39 is 10.0 Å². The van der Waals surface area contributed by atoms with Crippen LogP contribution in [0.25, 0.3) is 0 Å². The van der Waals surface area contributed by atoms with E-state index in [9.17, 15) is 13.2 Å². The summed E-state index contributed by atoms with van der Waals surface area (Å²) in [4.78, 5) is 11.7. The van der Waals surface area contributed by atoms with Gasteiger partial charge in [0.1, 0.15) is 0 Å². The summed E-state index contributed by atoms with van der Waals surface area (Å²) in [7, 11) is -3.55. The zero-order chi connectivity index (χ0) is 17.5. The molecule has 23 heavy (non-hydrogen) atoms. The number of hydrogen-bond donors (Lipinski definition) is 1. The van der Waals surface area contributed by atoms with E-state index in [0.717, 1.165) is 27.8 Å². The van der Waals surface area contributed by atoms with Gasteiger partial charge >= 0.3 is 0 Å². The molecule has 0 bridgehead atoms. The summed E-state index contributed by atoms with van der Waals surface area (Å²) < 4.78 is 27.8. The number of nitrogens with two attached hydrogens (primary N) is 1. The van der Waals surface area contributed by atoms with Crippen LogP contribution in [0.15, 0.2) is 4.90 Å². The van der Waals surface area contributed by atoms with Crippen LogP contribution in [0.3, 0.4) is 0 Å². The molecule has 0 spiro atoms. The number of nitrogens with zero attached hydrogens (tertiary/aromatic N) is 1. The average molecular weight is 338 g/mol. The Morgan fingerprint density at radius 2 is 1.30 bits per heavy atom. The molecule has 1 amide bonds. The molecule has 0 radical (unpaired) electrons. The van der Waals surface area contributed by atoms with E-state index in [4.69, 9.17) is 5.73 Å². The van der Waals surface area contributed by atoms with Gasteiger partial charge in [-0.2, -0.15) is 4.31 Å². The molecule has 1 aromatic rings. The topological polar surface area (TPSA) is 80.5 Å². The minimum absolute atomic E-state index is 0.217. The standard InChI is InChI=1S/C17H26N2O3S/c1-10-11(2)13(4)16(14(5)12(10)3)23(21,22)19-8-6-15(7-9-19)17(18)20/h15H,6-9H2,1-5H3,(H2,18,20). The maximum absolute atomic E-state index is 13.1. The maximum Gasteiger partial charge on any atom is 0.243 e. The number of sulfonamides is 1. The Balaban J connectivity index is 2.44. The first kappa shape index (κ1) is 17.9. The molecule has 1 saturated heterocycles. The Kier molecular flexibility index (Phi) is 4.87. The summed E-state index contributed by atoms with van der Waals surface area (Å²) in [5.74, 6) is -0.554. The van der Waals surface area contributed by atoms with Crippen LogP contribution in [0.5, 0.6) is 0 Å². The van der Waals surface area contributed by atoms with Gasteiger partial charge in [-0.25, -0.2) is 8.42 Å². The van der Waals surface area contributed by atoms with E-state index >= 15 is 0 Å². The van der Waals surface area contributed by atoms with Crippen LogP contribution in [0.2, 0.25) is 0 Å². The first-order valence-corrected chi connectivity index (χ1v) is 9.39. The van der Waals surface area contributed by atoms with Crippen LogP contribution in [0, 0.1) is 40.5 Å². The molecule has 0 aliphatic carbocycles. The molecule has 6 heteroatoms. The molecule has 1 heterocycles. The summed E-state index contributed by atoms with van der Waals surface area (Å²) >= 11 is 0. The molecule has 2 N–H and O–H groups in total. The number of benzene rings is 1. The van der Waals surface area contributed by atoms with Crippen molar-refractivity contribution in [1.82, 2.24) is 4.31 Å². The van der Waals surface area contributed by atoms with Crippen molar-refractivity contribution in [2.24, 2.45) is 11.7 Å². The molecule has 1 aliphatic heterocycles. The quantitative estimate of drug-likeness (QED) is 0.916. The van der Waals surface area contributed by atoms with Crippen LogP contribution < -0.4 is 5.73 Å². The third-order valence-electron chi connectivity index (χ3n) is 5.39. The number of primary amides is 1. The van der Waals surface area contributed by atoms with Crippen molar-refractivity contribution >= 4 is 15.9 Å². The van der Waals surface area contributed by atoms with Crippen LogP contribution in [0.1, 0.15) is 40.7 Å².